The minimum absolute atomic E-state index is 0. The Morgan fingerprint density at radius 3 is 2.32 bits per heavy atom. The predicted molar refractivity (Wildman–Crippen MR) is 104 cm³/mol. The molecule has 0 aromatic heterocycles. The summed E-state index contributed by atoms with van der Waals surface area (Å²) in [5, 5.41) is 1.41. The second-order valence-electron chi connectivity index (χ2n) is 6.18. The van der Waals surface area contributed by atoms with Gasteiger partial charge in [0.1, 0.15) is 0 Å². The molecule has 4 rings (SSSR count). The minimum Gasteiger partial charge on any atom is -0.398 e. The summed E-state index contributed by atoms with van der Waals surface area (Å²) in [6, 6.07) is 20.5. The normalized spacial score (nSPS) is 19.4. The fourth-order valence-corrected chi connectivity index (χ4v) is 4.71. The molecule has 0 bridgehead atoms. The van der Waals surface area contributed by atoms with Crippen molar-refractivity contribution in [3.63, 3.8) is 0 Å². The molecule has 1 fully saturated rings. The molecule has 1 aliphatic carbocycles. The molecule has 1 aliphatic rings. The molecule has 0 spiro atoms. The molecule has 6 heteroatoms. The third-order valence-corrected chi connectivity index (χ3v) is 6.08. The Balaban J connectivity index is 0.00000182. The molecule has 25 heavy (non-hydrogen) atoms. The summed E-state index contributed by atoms with van der Waals surface area (Å²) in [7, 11) is -3.59. The summed E-state index contributed by atoms with van der Waals surface area (Å²) < 4.78 is 28.5. The van der Waals surface area contributed by atoms with Gasteiger partial charge in [-0.05, 0) is 24.1 Å². The molecule has 2 unspecified atom stereocenters. The summed E-state index contributed by atoms with van der Waals surface area (Å²) in [6.07, 6.45) is 0.830. The number of hydrogen-bond donors (Lipinski definition) is 2. The Hall–Kier alpha value is -2.08. The van der Waals surface area contributed by atoms with Gasteiger partial charge in [-0.3, -0.25) is 0 Å². The van der Waals surface area contributed by atoms with E-state index < -0.39 is 10.0 Å². The Kier molecular flexibility index (Phi) is 4.73. The van der Waals surface area contributed by atoms with Gasteiger partial charge < -0.3 is 5.73 Å². The molecule has 0 amide bonds. The van der Waals surface area contributed by atoms with Crippen LogP contribution in [0.3, 0.4) is 0 Å². The average Bonchev–Trinajstić information content (AvgIpc) is 3.34. The molecule has 0 saturated heterocycles. The first-order valence-electron chi connectivity index (χ1n) is 7.91. The lowest BCUT2D eigenvalue weighted by atomic mass is 10.1. The zero-order valence-corrected chi connectivity index (χ0v) is 15.1. The van der Waals surface area contributed by atoms with E-state index in [-0.39, 0.29) is 29.3 Å². The molecule has 3 aromatic rings. The highest BCUT2D eigenvalue weighted by Gasteiger charge is 2.41. The van der Waals surface area contributed by atoms with Crippen LogP contribution in [-0.2, 0) is 10.0 Å². The lowest BCUT2D eigenvalue weighted by Gasteiger charge is -2.10. The van der Waals surface area contributed by atoms with E-state index in [1.54, 1.807) is 30.3 Å². The van der Waals surface area contributed by atoms with Gasteiger partial charge in [-0.1, -0.05) is 54.6 Å². The van der Waals surface area contributed by atoms with Crippen LogP contribution in [0.5, 0.6) is 0 Å². The number of fused-ring (bicyclic) bond motifs is 1. The molecule has 130 valence electrons. The summed E-state index contributed by atoms with van der Waals surface area (Å²) in [6.45, 7) is 0. The van der Waals surface area contributed by atoms with Gasteiger partial charge >= 0.3 is 0 Å². The Labute approximate surface area is 153 Å². The largest absolute Gasteiger partial charge is 0.398 e. The van der Waals surface area contributed by atoms with Gasteiger partial charge in [0.05, 0.1) is 4.90 Å². The SMILES string of the molecule is Cl.Nc1cccc2c(S(=O)(=O)NC3CC3c3ccccc3)cccc12. The van der Waals surface area contributed by atoms with Crippen LogP contribution in [-0.4, -0.2) is 14.5 Å². The van der Waals surface area contributed by atoms with Crippen LogP contribution >= 0.6 is 12.4 Å². The van der Waals surface area contributed by atoms with E-state index in [0.717, 1.165) is 11.8 Å². The molecule has 0 aliphatic heterocycles. The van der Waals surface area contributed by atoms with E-state index in [2.05, 4.69) is 4.72 Å². The van der Waals surface area contributed by atoms with Crippen molar-refractivity contribution in [2.24, 2.45) is 0 Å². The van der Waals surface area contributed by atoms with Gasteiger partial charge in [-0.25, -0.2) is 13.1 Å². The van der Waals surface area contributed by atoms with Crippen LogP contribution in [0.1, 0.15) is 17.9 Å². The van der Waals surface area contributed by atoms with Crippen LogP contribution in [0, 0.1) is 0 Å². The molecular weight excluding hydrogens is 356 g/mol. The van der Waals surface area contributed by atoms with E-state index in [1.807, 2.05) is 36.4 Å². The van der Waals surface area contributed by atoms with Crippen LogP contribution < -0.4 is 10.5 Å². The van der Waals surface area contributed by atoms with Crippen molar-refractivity contribution in [3.8, 4) is 0 Å². The van der Waals surface area contributed by atoms with Crippen LogP contribution in [0.2, 0.25) is 0 Å². The van der Waals surface area contributed by atoms with Gasteiger partial charge in [-0.15, -0.1) is 12.4 Å². The molecule has 1 saturated carbocycles. The fraction of sp³-hybridized carbons (Fsp3) is 0.158. The second kappa shape index (κ2) is 6.67. The van der Waals surface area contributed by atoms with Gasteiger partial charge in [0.25, 0.3) is 0 Å². The number of halogens is 1. The van der Waals surface area contributed by atoms with Crippen molar-refractivity contribution in [2.45, 2.75) is 23.3 Å². The molecule has 4 nitrogen and oxygen atoms in total. The van der Waals surface area contributed by atoms with E-state index in [4.69, 9.17) is 5.73 Å². The maximum absolute atomic E-state index is 12.8. The van der Waals surface area contributed by atoms with E-state index in [9.17, 15) is 8.42 Å². The van der Waals surface area contributed by atoms with Crippen molar-refractivity contribution in [1.82, 2.24) is 4.72 Å². The maximum Gasteiger partial charge on any atom is 0.241 e. The summed E-state index contributed by atoms with van der Waals surface area (Å²) in [5.41, 5.74) is 7.72. The van der Waals surface area contributed by atoms with E-state index in [0.29, 0.717) is 11.1 Å². The Morgan fingerprint density at radius 1 is 0.880 bits per heavy atom. The number of anilines is 1. The van der Waals surface area contributed by atoms with Crippen LogP contribution in [0.4, 0.5) is 5.69 Å². The number of rotatable bonds is 4. The fourth-order valence-electron chi connectivity index (χ4n) is 3.20. The molecule has 0 radical (unpaired) electrons. The van der Waals surface area contributed by atoms with Crippen molar-refractivity contribution in [1.29, 1.82) is 0 Å². The summed E-state index contributed by atoms with van der Waals surface area (Å²) in [4.78, 5) is 0.283. The van der Waals surface area contributed by atoms with Gasteiger partial charge in [0, 0.05) is 28.4 Å². The van der Waals surface area contributed by atoms with Gasteiger partial charge in [0.2, 0.25) is 10.0 Å². The number of nitrogens with one attached hydrogen (secondary N) is 1. The zero-order valence-electron chi connectivity index (χ0n) is 13.4. The maximum atomic E-state index is 12.8. The first-order chi connectivity index (χ1) is 11.6. The average molecular weight is 375 g/mol. The zero-order chi connectivity index (χ0) is 16.7. The number of benzene rings is 3. The highest BCUT2D eigenvalue weighted by Crippen LogP contribution is 2.41. The monoisotopic (exact) mass is 374 g/mol. The lowest BCUT2D eigenvalue weighted by molar-refractivity contribution is 0.581. The predicted octanol–water partition coefficient (Wildman–Crippen LogP) is 3.68. The Morgan fingerprint density at radius 2 is 1.56 bits per heavy atom. The highest BCUT2D eigenvalue weighted by molar-refractivity contribution is 7.89. The first-order valence-corrected chi connectivity index (χ1v) is 9.39. The van der Waals surface area contributed by atoms with E-state index in [1.165, 1.54) is 5.56 Å². The third-order valence-electron chi connectivity index (χ3n) is 4.53. The number of sulfonamides is 1. The van der Waals surface area contributed by atoms with Crippen molar-refractivity contribution >= 4 is 38.9 Å². The smallest absolute Gasteiger partial charge is 0.241 e. The quantitative estimate of drug-likeness (QED) is 0.684. The first kappa shape index (κ1) is 17.7. The highest BCUT2D eigenvalue weighted by atomic mass is 35.5. The number of nitrogen functional groups attached to an aromatic ring is 1. The standard InChI is InChI=1S/C19H18N2O2S.ClH/c20-17-10-4-9-15-14(17)8-5-11-19(15)24(22,23)21-18-12-16(18)13-6-2-1-3-7-13;/h1-11,16,18,21H,12,20H2;1H. The third kappa shape index (κ3) is 3.35. The Bertz CT molecular complexity index is 1010. The molecule has 2 atom stereocenters. The van der Waals surface area contributed by atoms with Crippen molar-refractivity contribution in [2.75, 3.05) is 5.73 Å². The topological polar surface area (TPSA) is 72.2 Å². The number of hydrogen-bond acceptors (Lipinski definition) is 3. The lowest BCUT2D eigenvalue weighted by Crippen LogP contribution is -2.27. The van der Waals surface area contributed by atoms with Gasteiger partial charge in [0.15, 0.2) is 0 Å². The molecule has 3 N–H and O–H groups in total. The molecule has 0 heterocycles. The van der Waals surface area contributed by atoms with E-state index >= 15 is 0 Å². The van der Waals surface area contributed by atoms with Gasteiger partial charge in [-0.2, -0.15) is 0 Å². The second-order valence-corrected chi connectivity index (χ2v) is 7.86. The molecule has 3 aromatic carbocycles. The summed E-state index contributed by atoms with van der Waals surface area (Å²) in [5.74, 6) is 0.251. The number of nitrogens with two attached hydrogens (primary N) is 1. The van der Waals surface area contributed by atoms with Crippen LogP contribution in [0.15, 0.2) is 71.6 Å². The minimum atomic E-state index is -3.59. The van der Waals surface area contributed by atoms with Crippen molar-refractivity contribution < 1.29 is 8.42 Å². The summed E-state index contributed by atoms with van der Waals surface area (Å²) >= 11 is 0. The van der Waals surface area contributed by atoms with Crippen LogP contribution in [0.25, 0.3) is 10.8 Å². The van der Waals surface area contributed by atoms with Crippen molar-refractivity contribution in [3.05, 3.63) is 72.3 Å². The molecular formula is C19H19ClN2O2S.